The molecule has 1 aromatic rings. The number of amides is 1. The van der Waals surface area contributed by atoms with E-state index in [1.165, 1.54) is 6.08 Å². The quantitative estimate of drug-likeness (QED) is 0.602. The van der Waals surface area contributed by atoms with Crippen LogP contribution in [0, 0.1) is 0 Å². The van der Waals surface area contributed by atoms with Crippen LogP contribution in [0.25, 0.3) is 0 Å². The number of allylic oxidation sites excluding steroid dienone is 3. The van der Waals surface area contributed by atoms with Gasteiger partial charge in [0.1, 0.15) is 0 Å². The lowest BCUT2D eigenvalue weighted by atomic mass is 10.1. The Hall–Kier alpha value is -1.87. The maximum Gasteiger partial charge on any atom is 0.248 e. The van der Waals surface area contributed by atoms with Crippen molar-refractivity contribution < 1.29 is 4.79 Å². The molecule has 17 heavy (non-hydrogen) atoms. The molecule has 1 aromatic carbocycles. The van der Waals surface area contributed by atoms with Crippen molar-refractivity contribution in [1.29, 1.82) is 0 Å². The normalized spacial score (nSPS) is 11.2. The summed E-state index contributed by atoms with van der Waals surface area (Å²) in [6.45, 7) is 2.64. The summed E-state index contributed by atoms with van der Waals surface area (Å²) >= 11 is 0. The van der Waals surface area contributed by atoms with Gasteiger partial charge in [-0.05, 0) is 25.6 Å². The number of hydrogen-bond donors (Lipinski definition) is 2. The molecule has 0 bridgehead atoms. The maximum absolute atomic E-state index is 11.6. The second kappa shape index (κ2) is 7.41. The fourth-order valence-corrected chi connectivity index (χ4v) is 1.42. The van der Waals surface area contributed by atoms with Gasteiger partial charge < -0.3 is 10.6 Å². The summed E-state index contributed by atoms with van der Waals surface area (Å²) in [7, 11) is 1.88. The molecular weight excluding hydrogens is 212 g/mol. The average Bonchev–Trinajstić information content (AvgIpc) is 2.32. The fourth-order valence-electron chi connectivity index (χ4n) is 1.42. The van der Waals surface area contributed by atoms with Gasteiger partial charge in [0, 0.05) is 18.3 Å². The first-order valence-corrected chi connectivity index (χ1v) is 5.60. The summed E-state index contributed by atoms with van der Waals surface area (Å²) in [4.78, 5) is 11.6. The Bertz CT molecular complexity index is 422. The summed E-state index contributed by atoms with van der Waals surface area (Å²) in [6.07, 6.45) is 6.92. The highest BCUT2D eigenvalue weighted by molar-refractivity contribution is 5.99. The first-order valence-electron chi connectivity index (χ1n) is 5.60. The highest BCUT2D eigenvalue weighted by atomic mass is 16.1. The molecule has 0 atom stereocenters. The van der Waals surface area contributed by atoms with Crippen LogP contribution in [0.5, 0.6) is 0 Å². The monoisotopic (exact) mass is 230 g/mol. The molecule has 0 saturated heterocycles. The number of para-hydroxylation sites is 1. The molecule has 1 rings (SSSR count). The van der Waals surface area contributed by atoms with Crippen LogP contribution in [-0.2, 0) is 11.3 Å². The minimum atomic E-state index is -0.119. The molecule has 90 valence electrons. The molecule has 1 amide bonds. The predicted octanol–water partition coefficient (Wildman–Crippen LogP) is 2.48. The first-order chi connectivity index (χ1) is 8.27. The van der Waals surface area contributed by atoms with E-state index >= 15 is 0 Å². The Morgan fingerprint density at radius 2 is 2.06 bits per heavy atom. The van der Waals surface area contributed by atoms with E-state index < -0.39 is 0 Å². The van der Waals surface area contributed by atoms with Crippen LogP contribution in [-0.4, -0.2) is 13.0 Å². The van der Waals surface area contributed by atoms with E-state index in [0.717, 1.165) is 17.8 Å². The van der Waals surface area contributed by atoms with Crippen LogP contribution in [0.15, 0.2) is 48.6 Å². The highest BCUT2D eigenvalue weighted by Gasteiger charge is 2.02. The van der Waals surface area contributed by atoms with Crippen LogP contribution in [0.2, 0.25) is 0 Å². The number of benzene rings is 1. The molecule has 0 saturated carbocycles. The van der Waals surface area contributed by atoms with Crippen molar-refractivity contribution in [3.63, 3.8) is 0 Å². The molecule has 0 radical (unpaired) electrons. The minimum absolute atomic E-state index is 0.119. The third kappa shape index (κ3) is 4.66. The van der Waals surface area contributed by atoms with Gasteiger partial charge in [-0.3, -0.25) is 4.79 Å². The van der Waals surface area contributed by atoms with Crippen LogP contribution in [0.4, 0.5) is 5.69 Å². The smallest absolute Gasteiger partial charge is 0.248 e. The lowest BCUT2D eigenvalue weighted by Crippen LogP contribution is -2.12. The number of nitrogens with one attached hydrogen (secondary N) is 2. The second-order valence-corrected chi connectivity index (χ2v) is 3.56. The van der Waals surface area contributed by atoms with E-state index in [9.17, 15) is 4.79 Å². The van der Waals surface area contributed by atoms with E-state index in [0.29, 0.717) is 0 Å². The van der Waals surface area contributed by atoms with Gasteiger partial charge in [-0.25, -0.2) is 0 Å². The molecule has 3 nitrogen and oxygen atoms in total. The van der Waals surface area contributed by atoms with Crippen molar-refractivity contribution >= 4 is 11.6 Å². The van der Waals surface area contributed by atoms with Crippen LogP contribution >= 0.6 is 0 Å². The molecular formula is C14H18N2O. The van der Waals surface area contributed by atoms with Gasteiger partial charge in [0.2, 0.25) is 5.91 Å². The number of rotatable bonds is 5. The minimum Gasteiger partial charge on any atom is -0.322 e. The number of hydrogen-bond acceptors (Lipinski definition) is 2. The van der Waals surface area contributed by atoms with Gasteiger partial charge >= 0.3 is 0 Å². The lowest BCUT2D eigenvalue weighted by Gasteiger charge is -2.08. The van der Waals surface area contributed by atoms with Gasteiger partial charge in [0.15, 0.2) is 0 Å². The van der Waals surface area contributed by atoms with Crippen LogP contribution < -0.4 is 10.6 Å². The largest absolute Gasteiger partial charge is 0.322 e. The van der Waals surface area contributed by atoms with Gasteiger partial charge in [-0.2, -0.15) is 0 Å². The molecule has 0 fully saturated rings. The Balaban J connectivity index is 2.70. The second-order valence-electron chi connectivity index (χ2n) is 3.56. The lowest BCUT2D eigenvalue weighted by molar-refractivity contribution is -0.111. The Kier molecular flexibility index (Phi) is 5.75. The van der Waals surface area contributed by atoms with E-state index in [-0.39, 0.29) is 5.91 Å². The molecule has 0 aliphatic heterocycles. The van der Waals surface area contributed by atoms with Crippen molar-refractivity contribution in [2.45, 2.75) is 13.5 Å². The van der Waals surface area contributed by atoms with Crippen molar-refractivity contribution in [2.24, 2.45) is 0 Å². The van der Waals surface area contributed by atoms with Crippen molar-refractivity contribution in [2.75, 3.05) is 12.4 Å². The number of carbonyl (C=O) groups excluding carboxylic acids is 1. The zero-order valence-electron chi connectivity index (χ0n) is 10.2. The van der Waals surface area contributed by atoms with Gasteiger partial charge in [-0.1, -0.05) is 36.4 Å². The van der Waals surface area contributed by atoms with Crippen LogP contribution in [0.3, 0.4) is 0 Å². The summed E-state index contributed by atoms with van der Waals surface area (Å²) < 4.78 is 0. The zero-order valence-corrected chi connectivity index (χ0v) is 10.2. The van der Waals surface area contributed by atoms with Crippen molar-refractivity contribution in [3.8, 4) is 0 Å². The van der Waals surface area contributed by atoms with E-state index in [4.69, 9.17) is 0 Å². The number of anilines is 1. The molecule has 0 heterocycles. The highest BCUT2D eigenvalue weighted by Crippen LogP contribution is 2.14. The molecule has 0 aromatic heterocycles. The zero-order chi connectivity index (χ0) is 12.5. The van der Waals surface area contributed by atoms with Gasteiger partial charge in [-0.15, -0.1) is 0 Å². The molecule has 2 N–H and O–H groups in total. The fraction of sp³-hybridized carbons (Fsp3) is 0.214. The third-order valence-electron chi connectivity index (χ3n) is 2.19. The van der Waals surface area contributed by atoms with Gasteiger partial charge in [0.25, 0.3) is 0 Å². The Labute approximate surface area is 102 Å². The average molecular weight is 230 g/mol. The van der Waals surface area contributed by atoms with Crippen molar-refractivity contribution in [1.82, 2.24) is 5.32 Å². The Morgan fingerprint density at radius 1 is 1.29 bits per heavy atom. The molecule has 0 spiro atoms. The van der Waals surface area contributed by atoms with E-state index in [1.807, 2.05) is 50.4 Å². The first kappa shape index (κ1) is 13.2. The molecule has 0 aliphatic carbocycles. The molecule has 0 aliphatic rings. The van der Waals surface area contributed by atoms with E-state index in [2.05, 4.69) is 10.6 Å². The maximum atomic E-state index is 11.6. The predicted molar refractivity (Wildman–Crippen MR) is 71.8 cm³/mol. The number of carbonyl (C=O) groups is 1. The van der Waals surface area contributed by atoms with Crippen molar-refractivity contribution in [3.05, 3.63) is 54.1 Å². The SMILES string of the molecule is C/C=C/C=C/C(=O)Nc1ccccc1CNC. The topological polar surface area (TPSA) is 41.1 Å². The third-order valence-corrected chi connectivity index (χ3v) is 2.19. The van der Waals surface area contributed by atoms with Crippen LogP contribution in [0.1, 0.15) is 12.5 Å². The van der Waals surface area contributed by atoms with E-state index in [1.54, 1.807) is 6.08 Å². The standard InChI is InChI=1S/C14H18N2O/c1-3-4-5-10-14(17)16-13-9-7-6-8-12(13)11-15-2/h3-10,15H,11H2,1-2H3,(H,16,17)/b4-3+,10-5+. The Morgan fingerprint density at radius 3 is 2.76 bits per heavy atom. The molecule has 3 heteroatoms. The van der Waals surface area contributed by atoms with Gasteiger partial charge in [0.05, 0.1) is 0 Å². The molecule has 0 unspecified atom stereocenters. The summed E-state index contributed by atoms with van der Waals surface area (Å²) in [5, 5.41) is 5.92. The summed E-state index contributed by atoms with van der Waals surface area (Å²) in [5.74, 6) is -0.119. The summed E-state index contributed by atoms with van der Waals surface area (Å²) in [5.41, 5.74) is 1.92. The summed E-state index contributed by atoms with van der Waals surface area (Å²) in [6, 6.07) is 7.75.